The first-order valence-electron chi connectivity index (χ1n) is 9.55. The zero-order valence-electron chi connectivity index (χ0n) is 17.6. The van der Waals surface area contributed by atoms with Gasteiger partial charge >= 0.3 is 5.97 Å². The average molecular weight is 434 g/mol. The van der Waals surface area contributed by atoms with E-state index >= 15 is 0 Å². The van der Waals surface area contributed by atoms with Crippen molar-refractivity contribution in [3.8, 4) is 0 Å². The molecule has 0 spiro atoms. The van der Waals surface area contributed by atoms with E-state index in [0.29, 0.717) is 35.6 Å². The van der Waals surface area contributed by atoms with E-state index in [1.807, 2.05) is 0 Å². The van der Waals surface area contributed by atoms with Gasteiger partial charge in [-0.15, -0.1) is 0 Å². The Balaban J connectivity index is 2.06. The molecule has 0 aliphatic rings. The van der Waals surface area contributed by atoms with E-state index in [9.17, 15) is 18.0 Å². The molecule has 0 fully saturated rings. The first-order chi connectivity index (χ1) is 14.2. The minimum atomic E-state index is -3.63. The zero-order valence-corrected chi connectivity index (χ0v) is 18.4. The zero-order chi connectivity index (χ0) is 22.3. The van der Waals surface area contributed by atoms with Crippen LogP contribution in [0.2, 0.25) is 0 Å². The Morgan fingerprint density at radius 1 is 1.00 bits per heavy atom. The van der Waals surface area contributed by atoms with Gasteiger partial charge in [0.1, 0.15) is 0 Å². The molecule has 0 unspecified atom stereocenters. The highest BCUT2D eigenvalue weighted by atomic mass is 32.2. The maximum atomic E-state index is 12.8. The van der Waals surface area contributed by atoms with Gasteiger partial charge in [0.25, 0.3) is 0 Å². The molecule has 0 saturated heterocycles. The second-order valence-corrected chi connectivity index (χ2v) is 8.45. The number of carbonyl (C=O) groups is 2. The third kappa shape index (κ3) is 5.58. The first-order valence-corrected chi connectivity index (χ1v) is 11.0. The molecule has 2 N–H and O–H groups in total. The van der Waals surface area contributed by atoms with E-state index in [0.717, 1.165) is 0 Å². The molecule has 9 heteroatoms. The van der Waals surface area contributed by atoms with Crippen molar-refractivity contribution in [2.75, 3.05) is 37.4 Å². The molecule has 0 bridgehead atoms. The van der Waals surface area contributed by atoms with Crippen molar-refractivity contribution in [3.05, 3.63) is 53.6 Å². The minimum absolute atomic E-state index is 0.0242. The van der Waals surface area contributed by atoms with Gasteiger partial charge in [-0.2, -0.15) is 4.31 Å². The summed E-state index contributed by atoms with van der Waals surface area (Å²) in [4.78, 5) is 23.9. The monoisotopic (exact) mass is 433 g/mol. The third-order valence-electron chi connectivity index (χ3n) is 4.55. The van der Waals surface area contributed by atoms with Crippen molar-refractivity contribution in [3.63, 3.8) is 0 Å². The Morgan fingerprint density at radius 3 is 2.17 bits per heavy atom. The van der Waals surface area contributed by atoms with Crippen LogP contribution >= 0.6 is 0 Å². The van der Waals surface area contributed by atoms with Crippen molar-refractivity contribution in [1.29, 1.82) is 0 Å². The quantitative estimate of drug-likeness (QED) is 0.589. The fourth-order valence-electron chi connectivity index (χ4n) is 2.89. The molecule has 2 aromatic rings. The van der Waals surface area contributed by atoms with Crippen LogP contribution in [-0.2, 0) is 19.6 Å². The summed E-state index contributed by atoms with van der Waals surface area (Å²) < 4.78 is 31.7. The van der Waals surface area contributed by atoms with E-state index in [1.54, 1.807) is 57.2 Å². The van der Waals surface area contributed by atoms with Crippen LogP contribution in [0.1, 0.15) is 29.8 Å². The number of benzene rings is 2. The van der Waals surface area contributed by atoms with Crippen molar-refractivity contribution in [2.24, 2.45) is 0 Å². The number of hydrogen-bond donors (Lipinski definition) is 2. The second kappa shape index (κ2) is 10.2. The predicted molar refractivity (Wildman–Crippen MR) is 116 cm³/mol. The smallest absolute Gasteiger partial charge is 0.337 e. The molecule has 162 valence electrons. The summed E-state index contributed by atoms with van der Waals surface area (Å²) in [5.41, 5.74) is 2.09. The normalized spacial score (nSPS) is 11.2. The molecule has 0 aliphatic heterocycles. The highest BCUT2D eigenvalue weighted by molar-refractivity contribution is 7.89. The Bertz CT molecular complexity index is 1000. The molecule has 0 radical (unpaired) electrons. The van der Waals surface area contributed by atoms with Crippen molar-refractivity contribution >= 4 is 33.3 Å². The summed E-state index contributed by atoms with van der Waals surface area (Å²) in [6.45, 7) is 6.00. The molecule has 0 heterocycles. The van der Waals surface area contributed by atoms with E-state index in [-0.39, 0.29) is 17.3 Å². The number of carbonyl (C=O) groups excluding carboxylic acids is 2. The summed E-state index contributed by atoms with van der Waals surface area (Å²) >= 11 is 0. The van der Waals surface area contributed by atoms with E-state index in [4.69, 9.17) is 0 Å². The molecule has 2 rings (SSSR count). The molecule has 0 aromatic heterocycles. The standard InChI is InChI=1S/C21H27N3O5S/c1-5-24(6-2)30(27,28)19-13-18(10-7-15(19)3)23-20(25)14-22-17-11-8-16(9-12-17)21(26)29-4/h7-13,22H,5-6,14H2,1-4H3,(H,23,25). The number of nitrogens with one attached hydrogen (secondary N) is 2. The lowest BCUT2D eigenvalue weighted by Gasteiger charge is -2.20. The lowest BCUT2D eigenvalue weighted by atomic mass is 10.2. The van der Waals surface area contributed by atoms with Gasteiger partial charge in [0.15, 0.2) is 0 Å². The van der Waals surface area contributed by atoms with Crippen LogP contribution in [0.4, 0.5) is 11.4 Å². The van der Waals surface area contributed by atoms with Gasteiger partial charge < -0.3 is 15.4 Å². The Labute approximate surface area is 177 Å². The number of aryl methyl sites for hydroxylation is 1. The summed E-state index contributed by atoms with van der Waals surface area (Å²) in [5, 5.41) is 5.66. The van der Waals surface area contributed by atoms with E-state index < -0.39 is 16.0 Å². The maximum Gasteiger partial charge on any atom is 0.337 e. The molecule has 0 saturated carbocycles. The third-order valence-corrected chi connectivity index (χ3v) is 6.75. The van der Waals surface area contributed by atoms with Crippen LogP contribution in [-0.4, -0.2) is 51.3 Å². The van der Waals surface area contributed by atoms with Crippen LogP contribution < -0.4 is 10.6 Å². The molecule has 2 aromatic carbocycles. The fraction of sp³-hybridized carbons (Fsp3) is 0.333. The summed E-state index contributed by atoms with van der Waals surface area (Å²) in [7, 11) is -2.32. The fourth-order valence-corrected chi connectivity index (χ4v) is 4.60. The lowest BCUT2D eigenvalue weighted by Crippen LogP contribution is -2.31. The number of nitrogens with zero attached hydrogens (tertiary/aromatic N) is 1. The molecule has 8 nitrogen and oxygen atoms in total. The Kier molecular flexibility index (Phi) is 7.96. The second-order valence-electron chi connectivity index (χ2n) is 6.54. The van der Waals surface area contributed by atoms with Gasteiger partial charge in [0, 0.05) is 24.5 Å². The summed E-state index contributed by atoms with van der Waals surface area (Å²) in [5.74, 6) is -0.767. The number of amides is 1. The van der Waals surface area contributed by atoms with Crippen molar-refractivity contribution in [2.45, 2.75) is 25.7 Å². The van der Waals surface area contributed by atoms with Crippen LogP contribution in [0.5, 0.6) is 0 Å². The molecular formula is C21H27N3O5S. The van der Waals surface area contributed by atoms with Crippen LogP contribution in [0.15, 0.2) is 47.4 Å². The molecule has 30 heavy (non-hydrogen) atoms. The molecule has 0 aliphatic carbocycles. The van der Waals surface area contributed by atoms with Gasteiger partial charge in [0.05, 0.1) is 24.1 Å². The minimum Gasteiger partial charge on any atom is -0.465 e. The maximum absolute atomic E-state index is 12.8. The van der Waals surface area contributed by atoms with E-state index in [2.05, 4.69) is 15.4 Å². The predicted octanol–water partition coefficient (Wildman–Crippen LogP) is 2.86. The number of hydrogen-bond acceptors (Lipinski definition) is 6. The number of rotatable bonds is 9. The van der Waals surface area contributed by atoms with Gasteiger partial charge in [-0.05, 0) is 48.9 Å². The number of methoxy groups -OCH3 is 1. The molecular weight excluding hydrogens is 406 g/mol. The number of anilines is 2. The SMILES string of the molecule is CCN(CC)S(=O)(=O)c1cc(NC(=O)CNc2ccc(C(=O)OC)cc2)ccc1C. The highest BCUT2D eigenvalue weighted by Crippen LogP contribution is 2.23. The van der Waals surface area contributed by atoms with Gasteiger partial charge in [-0.3, -0.25) is 4.79 Å². The number of esters is 1. The number of ether oxygens (including phenoxy) is 1. The number of sulfonamides is 1. The Morgan fingerprint density at radius 2 is 1.60 bits per heavy atom. The van der Waals surface area contributed by atoms with E-state index in [1.165, 1.54) is 17.5 Å². The van der Waals surface area contributed by atoms with Gasteiger partial charge in [0.2, 0.25) is 15.9 Å². The average Bonchev–Trinajstić information content (AvgIpc) is 2.74. The Hall–Kier alpha value is -2.91. The molecule has 0 atom stereocenters. The van der Waals surface area contributed by atoms with Crippen molar-refractivity contribution < 1.29 is 22.7 Å². The van der Waals surface area contributed by atoms with Gasteiger partial charge in [-0.1, -0.05) is 19.9 Å². The largest absolute Gasteiger partial charge is 0.465 e. The summed E-state index contributed by atoms with van der Waals surface area (Å²) in [6, 6.07) is 11.3. The summed E-state index contributed by atoms with van der Waals surface area (Å²) in [6.07, 6.45) is 0. The lowest BCUT2D eigenvalue weighted by molar-refractivity contribution is -0.114. The van der Waals surface area contributed by atoms with Crippen LogP contribution in [0.3, 0.4) is 0 Å². The first kappa shape index (κ1) is 23.4. The highest BCUT2D eigenvalue weighted by Gasteiger charge is 2.24. The topological polar surface area (TPSA) is 105 Å². The van der Waals surface area contributed by atoms with Crippen LogP contribution in [0.25, 0.3) is 0 Å². The molecule has 1 amide bonds. The van der Waals surface area contributed by atoms with Crippen molar-refractivity contribution in [1.82, 2.24) is 4.31 Å². The van der Waals surface area contributed by atoms with Gasteiger partial charge in [-0.25, -0.2) is 13.2 Å². The van der Waals surface area contributed by atoms with Crippen LogP contribution in [0, 0.1) is 6.92 Å².